The number of likely N-dealkylation sites (N-methyl/N-ethyl adjacent to an activating group) is 1. The average Bonchev–Trinajstić information content (AvgIpc) is 3.07. The van der Waals surface area contributed by atoms with Gasteiger partial charge in [0.05, 0.1) is 18.7 Å². The lowest BCUT2D eigenvalue weighted by Gasteiger charge is -2.57. The van der Waals surface area contributed by atoms with Crippen molar-refractivity contribution in [2.75, 3.05) is 20.2 Å². The number of hydrogen-bond acceptors (Lipinski definition) is 4. The molecule has 0 aliphatic heterocycles. The molecule has 2 unspecified atom stereocenters. The van der Waals surface area contributed by atoms with Crippen LogP contribution in [0.25, 0.3) is 0 Å². The Hall–Kier alpha value is -1.14. The molecule has 2 fully saturated rings. The predicted molar refractivity (Wildman–Crippen MR) is 93.3 cm³/mol. The third-order valence-electron chi connectivity index (χ3n) is 5.94. The zero-order valence-corrected chi connectivity index (χ0v) is 15.5. The van der Waals surface area contributed by atoms with Gasteiger partial charge in [-0.1, -0.05) is 26.7 Å². The third kappa shape index (κ3) is 3.59. The fourth-order valence-corrected chi connectivity index (χ4v) is 4.28. The van der Waals surface area contributed by atoms with E-state index in [1.165, 1.54) is 12.8 Å². The number of nitrogens with two attached hydrogens (primary N) is 1. The fraction of sp³-hybridized carbons (Fsp3) is 0.889. The summed E-state index contributed by atoms with van der Waals surface area (Å²) < 4.78 is 5.91. The Balaban J connectivity index is 1.90. The van der Waals surface area contributed by atoms with Crippen molar-refractivity contribution < 1.29 is 14.3 Å². The second kappa shape index (κ2) is 7.83. The minimum Gasteiger partial charge on any atom is -0.378 e. The highest BCUT2D eigenvalue weighted by Gasteiger charge is 2.58. The van der Waals surface area contributed by atoms with Crippen LogP contribution in [0, 0.1) is 11.3 Å². The van der Waals surface area contributed by atoms with Crippen molar-refractivity contribution in [3.8, 4) is 0 Å². The van der Waals surface area contributed by atoms with E-state index in [1.807, 2.05) is 32.7 Å². The van der Waals surface area contributed by atoms with Crippen LogP contribution in [0.2, 0.25) is 0 Å². The van der Waals surface area contributed by atoms with Gasteiger partial charge in [0.15, 0.2) is 0 Å². The second-order valence-electron chi connectivity index (χ2n) is 7.63. The molecule has 0 heterocycles. The summed E-state index contributed by atoms with van der Waals surface area (Å²) in [4.78, 5) is 26.3. The number of amides is 2. The topological polar surface area (TPSA) is 84.7 Å². The molecule has 2 amide bonds. The lowest BCUT2D eigenvalue weighted by atomic mass is 9.60. The Morgan fingerprint density at radius 2 is 1.96 bits per heavy atom. The van der Waals surface area contributed by atoms with E-state index in [2.05, 4.69) is 5.32 Å². The van der Waals surface area contributed by atoms with Gasteiger partial charge >= 0.3 is 0 Å². The molecule has 0 bridgehead atoms. The van der Waals surface area contributed by atoms with E-state index < -0.39 is 6.04 Å². The van der Waals surface area contributed by atoms with Crippen LogP contribution in [-0.2, 0) is 14.3 Å². The third-order valence-corrected chi connectivity index (χ3v) is 5.94. The van der Waals surface area contributed by atoms with E-state index in [-0.39, 0.29) is 41.8 Å². The molecule has 1 spiro atoms. The van der Waals surface area contributed by atoms with E-state index >= 15 is 0 Å². The first-order valence-corrected chi connectivity index (χ1v) is 9.24. The van der Waals surface area contributed by atoms with Gasteiger partial charge in [0.1, 0.15) is 0 Å². The number of nitrogens with zero attached hydrogens (tertiary/aromatic N) is 1. The van der Waals surface area contributed by atoms with E-state index in [1.54, 1.807) is 0 Å². The fourth-order valence-electron chi connectivity index (χ4n) is 4.28. The molecule has 0 radical (unpaired) electrons. The van der Waals surface area contributed by atoms with Gasteiger partial charge in [-0.15, -0.1) is 0 Å². The van der Waals surface area contributed by atoms with E-state index in [0.717, 1.165) is 25.9 Å². The maximum absolute atomic E-state index is 12.5. The average molecular weight is 339 g/mol. The minimum absolute atomic E-state index is 0.0155. The molecule has 3 atom stereocenters. The van der Waals surface area contributed by atoms with Crippen molar-refractivity contribution >= 4 is 11.8 Å². The lowest BCUT2D eigenvalue weighted by molar-refractivity contribution is -0.172. The molecule has 138 valence electrons. The monoisotopic (exact) mass is 339 g/mol. The Morgan fingerprint density at radius 3 is 2.50 bits per heavy atom. The molecule has 24 heavy (non-hydrogen) atoms. The first-order valence-electron chi connectivity index (χ1n) is 9.24. The molecule has 2 saturated carbocycles. The highest BCUT2D eigenvalue weighted by atomic mass is 16.5. The van der Waals surface area contributed by atoms with Gasteiger partial charge in [-0.25, -0.2) is 0 Å². The van der Waals surface area contributed by atoms with E-state index in [9.17, 15) is 9.59 Å². The van der Waals surface area contributed by atoms with Gasteiger partial charge < -0.3 is 20.7 Å². The molecule has 0 aromatic heterocycles. The van der Waals surface area contributed by atoms with Crippen molar-refractivity contribution in [1.29, 1.82) is 0 Å². The van der Waals surface area contributed by atoms with Gasteiger partial charge in [0.25, 0.3) is 0 Å². The minimum atomic E-state index is -0.574. The lowest BCUT2D eigenvalue weighted by Crippen LogP contribution is -2.64. The maximum Gasteiger partial charge on any atom is 0.241 e. The van der Waals surface area contributed by atoms with Crippen LogP contribution in [0.15, 0.2) is 0 Å². The smallest absolute Gasteiger partial charge is 0.241 e. The molecule has 0 aromatic carbocycles. The summed E-state index contributed by atoms with van der Waals surface area (Å²) in [6, 6.07) is -0.352. The zero-order valence-electron chi connectivity index (χ0n) is 15.5. The summed E-state index contributed by atoms with van der Waals surface area (Å²) in [6.45, 7) is 6.55. The Bertz CT molecular complexity index is 460. The number of carbonyl (C=O) groups is 2. The van der Waals surface area contributed by atoms with Crippen LogP contribution < -0.4 is 11.1 Å². The van der Waals surface area contributed by atoms with Crippen LogP contribution in [0.1, 0.15) is 52.9 Å². The first kappa shape index (κ1) is 19.2. The number of nitrogens with one attached hydrogen (secondary N) is 1. The number of carbonyl (C=O) groups excluding carboxylic acids is 2. The largest absolute Gasteiger partial charge is 0.378 e. The number of hydrogen-bond donors (Lipinski definition) is 2. The van der Waals surface area contributed by atoms with Crippen LogP contribution in [0.4, 0.5) is 0 Å². The van der Waals surface area contributed by atoms with Gasteiger partial charge in [-0.2, -0.15) is 0 Å². The summed E-state index contributed by atoms with van der Waals surface area (Å²) in [6.07, 6.45) is 5.85. The molecule has 6 heteroatoms. The highest BCUT2D eigenvalue weighted by molar-refractivity contribution is 5.87. The van der Waals surface area contributed by atoms with Crippen molar-refractivity contribution in [2.45, 2.75) is 71.1 Å². The van der Waals surface area contributed by atoms with E-state index in [4.69, 9.17) is 10.5 Å². The molecule has 2 aliphatic carbocycles. The normalized spacial score (nSPS) is 26.2. The Labute approximate surface area is 145 Å². The molecule has 0 saturated heterocycles. The summed E-state index contributed by atoms with van der Waals surface area (Å²) in [5.74, 6) is -0.258. The number of rotatable bonds is 7. The Kier molecular flexibility index (Phi) is 6.26. The molecular weight excluding hydrogens is 306 g/mol. The molecular formula is C18H33N3O3. The number of ether oxygens (including phenoxy) is 1. The van der Waals surface area contributed by atoms with Gasteiger partial charge in [-0.05, 0) is 32.1 Å². The van der Waals surface area contributed by atoms with Crippen molar-refractivity contribution in [3.63, 3.8) is 0 Å². The zero-order chi connectivity index (χ0) is 17.9. The van der Waals surface area contributed by atoms with Crippen LogP contribution in [-0.4, -0.2) is 55.1 Å². The first-order chi connectivity index (χ1) is 11.3. The van der Waals surface area contributed by atoms with Crippen LogP contribution in [0.3, 0.4) is 0 Å². The maximum atomic E-state index is 12.5. The summed E-state index contributed by atoms with van der Waals surface area (Å²) >= 11 is 0. The quantitative estimate of drug-likeness (QED) is 0.732. The van der Waals surface area contributed by atoms with Crippen molar-refractivity contribution in [3.05, 3.63) is 0 Å². The SMILES string of the molecule is CCOC1CC(N(C)C(=O)CNC(=O)[C@@H](N)C(C)C)C12CCCC2. The van der Waals surface area contributed by atoms with Gasteiger partial charge in [0, 0.05) is 25.1 Å². The van der Waals surface area contributed by atoms with Gasteiger partial charge in [0.2, 0.25) is 11.8 Å². The molecule has 2 aliphatic rings. The van der Waals surface area contributed by atoms with Gasteiger partial charge in [-0.3, -0.25) is 9.59 Å². The predicted octanol–water partition coefficient (Wildman–Crippen LogP) is 1.28. The van der Waals surface area contributed by atoms with E-state index in [0.29, 0.717) is 0 Å². The summed E-state index contributed by atoms with van der Waals surface area (Å²) in [5, 5.41) is 2.68. The molecule has 2 rings (SSSR count). The molecule has 0 aromatic rings. The Morgan fingerprint density at radius 1 is 1.33 bits per heavy atom. The molecule has 3 N–H and O–H groups in total. The second-order valence-corrected chi connectivity index (χ2v) is 7.63. The van der Waals surface area contributed by atoms with Crippen molar-refractivity contribution in [2.24, 2.45) is 17.1 Å². The molecule has 6 nitrogen and oxygen atoms in total. The summed E-state index contributed by atoms with van der Waals surface area (Å²) in [7, 11) is 1.85. The standard InChI is InChI=1S/C18H33N3O3/c1-5-24-14-10-13(18(14)8-6-7-9-18)21(4)15(22)11-20-17(23)16(19)12(2)3/h12-14,16H,5-11,19H2,1-4H3,(H,20,23)/t13?,14?,16-/m0/s1. The summed E-state index contributed by atoms with van der Waals surface area (Å²) in [5.41, 5.74) is 5.94. The van der Waals surface area contributed by atoms with Crippen molar-refractivity contribution in [1.82, 2.24) is 10.2 Å². The highest BCUT2D eigenvalue weighted by Crippen LogP contribution is 2.56. The van der Waals surface area contributed by atoms with Crippen LogP contribution >= 0.6 is 0 Å². The van der Waals surface area contributed by atoms with Crippen LogP contribution in [0.5, 0.6) is 0 Å².